The molecule has 144 valence electrons. The lowest BCUT2D eigenvalue weighted by Gasteiger charge is -2.28. The molecule has 1 saturated heterocycles. The predicted octanol–water partition coefficient (Wildman–Crippen LogP) is 2.03. The molecule has 27 heavy (non-hydrogen) atoms. The minimum absolute atomic E-state index is 0.142. The summed E-state index contributed by atoms with van der Waals surface area (Å²) in [5, 5.41) is 3.32. The molecule has 8 heteroatoms. The van der Waals surface area contributed by atoms with E-state index in [0.29, 0.717) is 34.7 Å². The fourth-order valence-electron chi connectivity index (χ4n) is 3.02. The zero-order valence-corrected chi connectivity index (χ0v) is 17.2. The summed E-state index contributed by atoms with van der Waals surface area (Å²) in [7, 11) is 1.82. The van der Waals surface area contributed by atoms with Gasteiger partial charge in [-0.2, -0.15) is 0 Å². The topological polar surface area (TPSA) is 81.6 Å². The first-order chi connectivity index (χ1) is 12.9. The molecule has 1 unspecified atom stereocenters. The fourth-order valence-corrected chi connectivity index (χ4v) is 4.28. The van der Waals surface area contributed by atoms with Crippen LogP contribution in [0.4, 0.5) is 0 Å². The zero-order valence-electron chi connectivity index (χ0n) is 14.9. The number of hydrogen-bond acceptors (Lipinski definition) is 5. The van der Waals surface area contributed by atoms with Crippen molar-refractivity contribution in [2.24, 2.45) is 17.4 Å². The van der Waals surface area contributed by atoms with Gasteiger partial charge in [0.15, 0.2) is 0 Å². The second-order valence-electron chi connectivity index (χ2n) is 6.55. The minimum Gasteiger partial charge on any atom is -0.493 e. The van der Waals surface area contributed by atoms with Crippen LogP contribution in [0.1, 0.15) is 18.4 Å². The summed E-state index contributed by atoms with van der Waals surface area (Å²) in [6.07, 6.45) is 1.39. The Morgan fingerprint density at radius 2 is 2.15 bits per heavy atom. The first-order valence-corrected chi connectivity index (χ1v) is 10.2. The Balaban J connectivity index is 1.91. The van der Waals surface area contributed by atoms with E-state index in [-0.39, 0.29) is 17.0 Å². The Morgan fingerprint density at radius 1 is 1.37 bits per heavy atom. The monoisotopic (exact) mass is 425 g/mol. The van der Waals surface area contributed by atoms with Crippen molar-refractivity contribution >= 4 is 51.3 Å². The summed E-state index contributed by atoms with van der Waals surface area (Å²) in [6.45, 7) is 1.17. The average Bonchev–Trinajstić information content (AvgIpc) is 3.12. The lowest BCUT2D eigenvalue weighted by molar-refractivity contribution is -0.133. The van der Waals surface area contributed by atoms with Crippen LogP contribution in [0.3, 0.4) is 0 Å². The molecule has 1 atom stereocenters. The molecule has 0 spiro atoms. The SMILES string of the molecule is CN1CCC(COc2cc(Cl)ccc2/C(N)=c2\scc\c2=C(\N)Cl)CC1=O. The maximum atomic E-state index is 11.9. The molecule has 1 aliphatic rings. The van der Waals surface area contributed by atoms with Gasteiger partial charge in [0.25, 0.3) is 0 Å². The maximum absolute atomic E-state index is 11.9. The van der Waals surface area contributed by atoms with Gasteiger partial charge in [0.1, 0.15) is 10.9 Å². The van der Waals surface area contributed by atoms with Gasteiger partial charge in [-0.25, -0.2) is 0 Å². The summed E-state index contributed by atoms with van der Waals surface area (Å²) < 4.78 is 6.82. The van der Waals surface area contributed by atoms with E-state index in [4.69, 9.17) is 39.4 Å². The van der Waals surface area contributed by atoms with Crippen LogP contribution in [0.5, 0.6) is 5.75 Å². The average molecular weight is 426 g/mol. The molecule has 0 aliphatic carbocycles. The quantitative estimate of drug-likeness (QED) is 0.734. The lowest BCUT2D eigenvalue weighted by Crippen LogP contribution is -2.37. The number of nitrogens with zero attached hydrogens (tertiary/aromatic N) is 1. The van der Waals surface area contributed by atoms with Crippen molar-refractivity contribution in [3.8, 4) is 5.75 Å². The van der Waals surface area contributed by atoms with E-state index in [9.17, 15) is 4.79 Å². The van der Waals surface area contributed by atoms with E-state index in [2.05, 4.69) is 0 Å². The van der Waals surface area contributed by atoms with Crippen molar-refractivity contribution in [2.75, 3.05) is 20.2 Å². The number of piperidine rings is 1. The highest BCUT2D eigenvalue weighted by Crippen LogP contribution is 2.28. The van der Waals surface area contributed by atoms with Crippen molar-refractivity contribution in [2.45, 2.75) is 12.8 Å². The molecular formula is C19H21Cl2N3O2S. The van der Waals surface area contributed by atoms with Gasteiger partial charge >= 0.3 is 0 Å². The number of ether oxygens (including phenoxy) is 1. The third-order valence-electron chi connectivity index (χ3n) is 4.64. The van der Waals surface area contributed by atoms with Crippen LogP contribution in [-0.4, -0.2) is 31.0 Å². The van der Waals surface area contributed by atoms with Crippen molar-refractivity contribution in [1.82, 2.24) is 4.90 Å². The normalized spacial score (nSPS) is 19.7. The van der Waals surface area contributed by atoms with E-state index < -0.39 is 0 Å². The Labute approximate surface area is 171 Å². The number of rotatable bonds is 4. The minimum atomic E-state index is 0.142. The van der Waals surface area contributed by atoms with Gasteiger partial charge < -0.3 is 21.1 Å². The third kappa shape index (κ3) is 4.51. The predicted molar refractivity (Wildman–Crippen MR) is 111 cm³/mol. The van der Waals surface area contributed by atoms with Gasteiger partial charge in [-0.1, -0.05) is 23.2 Å². The number of carbonyl (C=O) groups excluding carboxylic acids is 1. The largest absolute Gasteiger partial charge is 0.493 e. The van der Waals surface area contributed by atoms with Gasteiger partial charge in [0, 0.05) is 41.7 Å². The van der Waals surface area contributed by atoms with Crippen molar-refractivity contribution in [3.05, 3.63) is 50.0 Å². The summed E-state index contributed by atoms with van der Waals surface area (Å²) >= 11 is 13.6. The van der Waals surface area contributed by atoms with Crippen molar-refractivity contribution < 1.29 is 9.53 Å². The number of carbonyl (C=O) groups is 1. The molecule has 0 saturated carbocycles. The molecule has 5 nitrogen and oxygen atoms in total. The van der Waals surface area contributed by atoms with Crippen LogP contribution >= 0.6 is 34.5 Å². The van der Waals surface area contributed by atoms with Crippen molar-refractivity contribution in [3.63, 3.8) is 0 Å². The molecule has 1 aliphatic heterocycles. The molecule has 3 rings (SSSR count). The Morgan fingerprint density at radius 3 is 2.85 bits per heavy atom. The van der Waals surface area contributed by atoms with Gasteiger partial charge in [-0.3, -0.25) is 4.79 Å². The molecule has 0 radical (unpaired) electrons. The van der Waals surface area contributed by atoms with Gasteiger partial charge in [-0.05, 0) is 36.1 Å². The first kappa shape index (κ1) is 19.9. The number of hydrogen-bond donors (Lipinski definition) is 2. The van der Waals surface area contributed by atoms with Gasteiger partial charge in [0.05, 0.1) is 16.8 Å². The van der Waals surface area contributed by atoms with Crippen LogP contribution in [-0.2, 0) is 4.79 Å². The van der Waals surface area contributed by atoms with E-state index in [1.54, 1.807) is 17.0 Å². The van der Waals surface area contributed by atoms with Crippen LogP contribution in [0, 0.1) is 5.92 Å². The Bertz CT molecular complexity index is 970. The molecule has 1 fully saturated rings. The van der Waals surface area contributed by atoms with Crippen LogP contribution in [0.25, 0.3) is 10.9 Å². The van der Waals surface area contributed by atoms with Gasteiger partial charge in [0.2, 0.25) is 5.91 Å². The van der Waals surface area contributed by atoms with E-state index >= 15 is 0 Å². The summed E-state index contributed by atoms with van der Waals surface area (Å²) in [6, 6.07) is 7.15. The number of likely N-dealkylation sites (tertiary alicyclic amines) is 1. The first-order valence-electron chi connectivity index (χ1n) is 8.52. The number of benzene rings is 1. The second-order valence-corrected chi connectivity index (χ2v) is 8.31. The number of amides is 1. The fraction of sp³-hybridized carbons (Fsp3) is 0.316. The number of halogens is 2. The molecule has 2 heterocycles. The molecule has 1 aromatic heterocycles. The highest BCUT2D eigenvalue weighted by molar-refractivity contribution is 7.07. The summed E-state index contributed by atoms with van der Waals surface area (Å²) in [5.74, 6) is 0.897. The van der Waals surface area contributed by atoms with E-state index in [1.165, 1.54) is 11.3 Å². The van der Waals surface area contributed by atoms with Crippen molar-refractivity contribution in [1.29, 1.82) is 0 Å². The smallest absolute Gasteiger partial charge is 0.222 e. The van der Waals surface area contributed by atoms with Crippen LogP contribution in [0.15, 0.2) is 29.6 Å². The molecular weight excluding hydrogens is 405 g/mol. The second kappa shape index (κ2) is 8.42. The maximum Gasteiger partial charge on any atom is 0.222 e. The zero-order chi connectivity index (χ0) is 19.6. The van der Waals surface area contributed by atoms with Crippen LogP contribution in [0.2, 0.25) is 5.02 Å². The number of thiophene rings is 1. The standard InChI is InChI=1S/C19H21Cl2N3O2S/c1-24-6-4-11(8-16(24)25)10-26-15-9-12(20)2-3-13(15)17(22)18-14(19(21)23)5-7-27-18/h2-3,5,7,9,11H,4,6,8,10,22-23H2,1H3/b18-17+,19-14-. The summed E-state index contributed by atoms with van der Waals surface area (Å²) in [5.41, 5.74) is 13.4. The molecule has 2 aromatic rings. The van der Waals surface area contributed by atoms with Crippen LogP contribution < -0.4 is 26.0 Å². The highest BCUT2D eigenvalue weighted by atomic mass is 35.5. The molecule has 0 bridgehead atoms. The number of nitrogens with two attached hydrogens (primary N) is 2. The molecule has 4 N–H and O–H groups in total. The van der Waals surface area contributed by atoms with E-state index in [1.807, 2.05) is 24.6 Å². The van der Waals surface area contributed by atoms with E-state index in [0.717, 1.165) is 23.1 Å². The Hall–Kier alpha value is -1.89. The Kier molecular flexibility index (Phi) is 6.19. The molecule has 1 amide bonds. The molecule has 1 aromatic carbocycles. The van der Waals surface area contributed by atoms with Gasteiger partial charge in [-0.15, -0.1) is 11.3 Å². The third-order valence-corrected chi connectivity index (χ3v) is 6.02. The highest BCUT2D eigenvalue weighted by Gasteiger charge is 2.24. The lowest BCUT2D eigenvalue weighted by atomic mass is 9.97. The summed E-state index contributed by atoms with van der Waals surface area (Å²) in [4.78, 5) is 13.7.